The molecule has 3 aliphatic rings. The van der Waals surface area contributed by atoms with E-state index in [2.05, 4.69) is 20.7 Å². The van der Waals surface area contributed by atoms with Crippen molar-refractivity contribution in [3.8, 4) is 0 Å². The Morgan fingerprint density at radius 3 is 2.07 bits per heavy atom. The summed E-state index contributed by atoms with van der Waals surface area (Å²) in [4.78, 5) is 55.2. The Morgan fingerprint density at radius 1 is 0.976 bits per heavy atom. The third kappa shape index (κ3) is 6.22. The quantitative estimate of drug-likeness (QED) is 0.382. The summed E-state index contributed by atoms with van der Waals surface area (Å²) >= 11 is 0. The van der Waals surface area contributed by atoms with Crippen molar-refractivity contribution in [2.45, 2.75) is 96.3 Å². The Bertz CT molecular complexity index is 1340. The number of fused-ring (bicyclic) bond motifs is 1. The summed E-state index contributed by atoms with van der Waals surface area (Å²) in [7, 11) is -4.12. The van der Waals surface area contributed by atoms with Crippen molar-refractivity contribution in [2.24, 2.45) is 22.7 Å². The second-order valence-electron chi connectivity index (χ2n) is 14.4. The third-order valence-corrected chi connectivity index (χ3v) is 9.81. The molecule has 12 heteroatoms. The largest absolute Gasteiger partial charge is 0.340 e. The van der Waals surface area contributed by atoms with Crippen molar-refractivity contribution in [1.82, 2.24) is 25.6 Å². The lowest BCUT2D eigenvalue weighted by molar-refractivity contribution is -0.144. The second kappa shape index (κ2) is 9.99. The number of hydrogen-bond acceptors (Lipinski definition) is 6. The van der Waals surface area contributed by atoms with Crippen LogP contribution >= 0.6 is 0 Å². The highest BCUT2D eigenvalue weighted by atomic mass is 32.2. The van der Waals surface area contributed by atoms with Crippen molar-refractivity contribution in [3.05, 3.63) is 30.3 Å². The number of nitrogens with one attached hydrogen (secondary N) is 4. The zero-order valence-corrected chi connectivity index (χ0v) is 25.9. The first-order valence-corrected chi connectivity index (χ1v) is 15.5. The average Bonchev–Trinajstić information content (AvgIpc) is 3.65. The molecule has 4 atom stereocenters. The molecule has 1 aromatic rings. The first kappa shape index (κ1) is 30.8. The van der Waals surface area contributed by atoms with Crippen LogP contribution in [0, 0.1) is 22.7 Å². The molecule has 0 spiro atoms. The smallest absolute Gasteiger partial charge is 0.315 e. The van der Waals surface area contributed by atoms with Crippen LogP contribution in [0.1, 0.15) is 68.2 Å². The first-order chi connectivity index (χ1) is 18.7. The number of carbonyl (C=O) groups excluding carboxylic acids is 4. The summed E-state index contributed by atoms with van der Waals surface area (Å²) in [6.07, 6.45) is 0.568. The highest BCUT2D eigenvalue weighted by molar-refractivity contribution is 7.90. The van der Waals surface area contributed by atoms with Crippen LogP contribution < -0.4 is 20.7 Å². The van der Waals surface area contributed by atoms with Crippen LogP contribution in [0.4, 0.5) is 4.79 Å². The van der Waals surface area contributed by atoms with E-state index in [0.29, 0.717) is 6.54 Å². The van der Waals surface area contributed by atoms with E-state index in [1.54, 1.807) is 18.2 Å². The van der Waals surface area contributed by atoms with Gasteiger partial charge in [0.1, 0.15) is 17.6 Å². The number of hydrogen-bond donors (Lipinski definition) is 4. The van der Waals surface area contributed by atoms with Crippen LogP contribution in [0.25, 0.3) is 0 Å². The van der Waals surface area contributed by atoms with E-state index >= 15 is 0 Å². The van der Waals surface area contributed by atoms with Crippen LogP contribution in [-0.2, 0) is 24.4 Å². The Balaban J connectivity index is 1.53. The van der Waals surface area contributed by atoms with Gasteiger partial charge in [0.2, 0.25) is 11.8 Å². The van der Waals surface area contributed by atoms with Crippen LogP contribution in [0.3, 0.4) is 0 Å². The monoisotopic (exact) mass is 589 g/mol. The van der Waals surface area contributed by atoms with Crippen molar-refractivity contribution in [1.29, 1.82) is 0 Å². The number of rotatable bonds is 7. The number of piperidine rings is 1. The van der Waals surface area contributed by atoms with Crippen LogP contribution in [0.15, 0.2) is 35.2 Å². The Hall–Kier alpha value is -3.15. The van der Waals surface area contributed by atoms with Gasteiger partial charge in [0.05, 0.1) is 4.90 Å². The second-order valence-corrected chi connectivity index (χ2v) is 16.0. The molecule has 1 saturated heterocycles. The number of amides is 5. The molecule has 2 aliphatic carbocycles. The maximum absolute atomic E-state index is 14.0. The van der Waals surface area contributed by atoms with E-state index < -0.39 is 56.4 Å². The number of likely N-dealkylation sites (tertiary alicyclic amines) is 1. The molecule has 1 aromatic carbocycles. The molecular weight excluding hydrogens is 546 g/mol. The van der Waals surface area contributed by atoms with E-state index in [4.69, 9.17) is 0 Å². The highest BCUT2D eigenvalue weighted by Crippen LogP contribution is 2.65. The van der Waals surface area contributed by atoms with Gasteiger partial charge in [0, 0.05) is 12.1 Å². The van der Waals surface area contributed by atoms with Crippen molar-refractivity contribution < 1.29 is 27.6 Å². The standard InChI is InChI=1S/C29H43N5O6S/c1-26(2,3)21(30-25(38)32-27(4,5)6)23(36)34-16-18-19(28(18,7)8)20(34)22(35)31-29(14-15-29)24(37)33-41(39,40)17-12-10-9-11-13-17/h9-13,18-21H,14-16H2,1-8H3,(H,31,35)(H,33,37)(H2,30,32,38)/t18-,19?,20-,21+/m0/s1. The SMILES string of the molecule is CC(C)(C)NC(=O)N[C@H](C(=O)N1C[C@H]2C([C@H]1C(=O)NC1(C(=O)NS(=O)(=O)c3ccccc3)CC1)C2(C)C)C(C)(C)C. The van der Waals surface area contributed by atoms with E-state index in [-0.39, 0.29) is 40.9 Å². The van der Waals surface area contributed by atoms with E-state index in [9.17, 15) is 27.6 Å². The highest BCUT2D eigenvalue weighted by Gasteiger charge is 2.70. The minimum atomic E-state index is -4.12. The summed E-state index contributed by atoms with van der Waals surface area (Å²) in [5.74, 6) is -1.69. The minimum absolute atomic E-state index is 0.0539. The number of benzene rings is 1. The molecule has 11 nitrogen and oxygen atoms in total. The number of carbonyl (C=O) groups is 4. The van der Waals surface area contributed by atoms with E-state index in [0.717, 1.165) is 0 Å². The summed E-state index contributed by atoms with van der Waals surface area (Å²) in [5, 5.41) is 8.44. The van der Waals surface area contributed by atoms with Gasteiger partial charge in [0.15, 0.2) is 0 Å². The van der Waals surface area contributed by atoms with Gasteiger partial charge in [-0.05, 0) is 68.4 Å². The number of sulfonamides is 1. The molecule has 0 radical (unpaired) electrons. The summed E-state index contributed by atoms with van der Waals surface area (Å²) in [5.41, 5.74) is -2.70. The molecule has 41 heavy (non-hydrogen) atoms. The molecule has 0 aromatic heterocycles. The Labute approximate surface area is 242 Å². The maximum atomic E-state index is 14.0. The fourth-order valence-corrected chi connectivity index (χ4v) is 6.93. The van der Waals surface area contributed by atoms with Gasteiger partial charge in [-0.25, -0.2) is 17.9 Å². The summed E-state index contributed by atoms with van der Waals surface area (Å²) in [6, 6.07) is 5.30. The molecule has 4 N–H and O–H groups in total. The van der Waals surface area contributed by atoms with E-state index in [1.165, 1.54) is 17.0 Å². The lowest BCUT2D eigenvalue weighted by Crippen LogP contribution is -2.62. The molecule has 2 saturated carbocycles. The van der Waals surface area contributed by atoms with Crippen LogP contribution in [0.2, 0.25) is 0 Å². The zero-order valence-electron chi connectivity index (χ0n) is 25.1. The first-order valence-electron chi connectivity index (χ1n) is 14.0. The predicted octanol–water partition coefficient (Wildman–Crippen LogP) is 2.14. The molecule has 1 aliphatic heterocycles. The number of nitrogens with zero attached hydrogens (tertiary/aromatic N) is 1. The van der Waals surface area contributed by atoms with Gasteiger partial charge in [-0.2, -0.15) is 0 Å². The Morgan fingerprint density at radius 2 is 1.56 bits per heavy atom. The average molecular weight is 590 g/mol. The summed E-state index contributed by atoms with van der Waals surface area (Å²) < 4.78 is 27.6. The molecule has 0 bridgehead atoms. The lowest BCUT2D eigenvalue weighted by Gasteiger charge is -2.38. The molecule has 226 valence electrons. The van der Waals surface area contributed by atoms with Gasteiger partial charge >= 0.3 is 6.03 Å². The third-order valence-electron chi connectivity index (χ3n) is 8.46. The molecule has 5 amide bonds. The molecular formula is C29H43N5O6S. The van der Waals surface area contributed by atoms with Gasteiger partial charge in [-0.15, -0.1) is 0 Å². The molecule has 1 unspecified atom stereocenters. The molecule has 1 heterocycles. The molecule has 4 rings (SSSR count). The normalized spacial score (nSPS) is 24.9. The van der Waals surface area contributed by atoms with Crippen molar-refractivity contribution >= 4 is 33.8 Å². The van der Waals surface area contributed by atoms with Crippen molar-refractivity contribution in [3.63, 3.8) is 0 Å². The van der Waals surface area contributed by atoms with Crippen molar-refractivity contribution in [2.75, 3.05) is 6.54 Å². The lowest BCUT2D eigenvalue weighted by atomic mass is 9.85. The minimum Gasteiger partial charge on any atom is -0.340 e. The fraction of sp³-hybridized carbons (Fsp3) is 0.655. The Kier molecular flexibility index (Phi) is 7.51. The van der Waals surface area contributed by atoms with Gasteiger partial charge in [-0.3, -0.25) is 14.4 Å². The van der Waals surface area contributed by atoms with Gasteiger partial charge in [-0.1, -0.05) is 52.8 Å². The maximum Gasteiger partial charge on any atom is 0.315 e. The summed E-state index contributed by atoms with van der Waals surface area (Å²) in [6.45, 7) is 15.5. The molecule has 3 fully saturated rings. The predicted molar refractivity (Wildman–Crippen MR) is 153 cm³/mol. The van der Waals surface area contributed by atoms with Crippen LogP contribution in [0.5, 0.6) is 0 Å². The topological polar surface area (TPSA) is 154 Å². The van der Waals surface area contributed by atoms with Gasteiger partial charge in [0.25, 0.3) is 15.9 Å². The number of urea groups is 1. The fourth-order valence-electron chi connectivity index (χ4n) is 5.86. The van der Waals surface area contributed by atoms with Gasteiger partial charge < -0.3 is 20.9 Å². The zero-order chi connectivity index (χ0) is 30.8. The van der Waals surface area contributed by atoms with E-state index in [1.807, 2.05) is 55.4 Å². The van der Waals surface area contributed by atoms with Crippen LogP contribution in [-0.4, -0.2) is 66.8 Å².